The van der Waals surface area contributed by atoms with Gasteiger partial charge in [0.1, 0.15) is 5.82 Å². The number of rotatable bonds is 5. The summed E-state index contributed by atoms with van der Waals surface area (Å²) in [5, 5.41) is 5.85. The first-order valence-electron chi connectivity index (χ1n) is 7.54. The van der Waals surface area contributed by atoms with E-state index in [1.54, 1.807) is 12.1 Å². The van der Waals surface area contributed by atoms with Crippen LogP contribution < -0.4 is 10.6 Å². The van der Waals surface area contributed by atoms with Crippen LogP contribution in [-0.4, -0.2) is 11.8 Å². The first-order valence-corrected chi connectivity index (χ1v) is 7.92. The number of amides is 2. The summed E-state index contributed by atoms with van der Waals surface area (Å²) in [7, 11) is 0. The fraction of sp³-hybridized carbons (Fsp3) is 0.222. The molecule has 24 heavy (non-hydrogen) atoms. The molecular weight excluding hydrogens is 331 g/mol. The van der Waals surface area contributed by atoms with Gasteiger partial charge in [-0.2, -0.15) is 0 Å². The fourth-order valence-corrected chi connectivity index (χ4v) is 2.54. The number of carbonyl (C=O) groups is 2. The van der Waals surface area contributed by atoms with Gasteiger partial charge in [-0.3, -0.25) is 9.59 Å². The predicted octanol–water partition coefficient (Wildman–Crippen LogP) is 4.32. The van der Waals surface area contributed by atoms with Gasteiger partial charge in [-0.05, 0) is 42.3 Å². The molecule has 0 aliphatic rings. The zero-order chi connectivity index (χ0) is 17.7. The Balaban J connectivity index is 2.20. The first-order chi connectivity index (χ1) is 11.4. The molecule has 0 spiro atoms. The molecule has 0 aliphatic heterocycles. The molecule has 4 nitrogen and oxygen atoms in total. The molecule has 1 unspecified atom stereocenters. The summed E-state index contributed by atoms with van der Waals surface area (Å²) in [6.45, 7) is 3.22. The summed E-state index contributed by atoms with van der Waals surface area (Å²) >= 11 is 5.99. The van der Waals surface area contributed by atoms with Crippen LogP contribution in [0.3, 0.4) is 0 Å². The zero-order valence-electron chi connectivity index (χ0n) is 13.4. The summed E-state index contributed by atoms with van der Waals surface area (Å²) in [6, 6.07) is 10.9. The molecule has 0 bridgehead atoms. The lowest BCUT2D eigenvalue weighted by Crippen LogP contribution is -2.28. The number of nitrogens with one attached hydrogen (secondary N) is 2. The third-order valence-electron chi connectivity index (χ3n) is 3.50. The van der Waals surface area contributed by atoms with Gasteiger partial charge in [0.15, 0.2) is 0 Å². The SMILES string of the molecule is CCC(NC(=O)c1ccc(F)c(NC(C)=O)c1)c1cccc(Cl)c1. The Hall–Kier alpha value is -2.40. The van der Waals surface area contributed by atoms with Crippen molar-refractivity contribution >= 4 is 29.1 Å². The van der Waals surface area contributed by atoms with Gasteiger partial charge in [0, 0.05) is 17.5 Å². The molecule has 0 aliphatic carbocycles. The highest BCUT2D eigenvalue weighted by molar-refractivity contribution is 6.30. The summed E-state index contributed by atoms with van der Waals surface area (Å²) in [6.07, 6.45) is 0.672. The van der Waals surface area contributed by atoms with Crippen LogP contribution in [0, 0.1) is 5.82 Å². The van der Waals surface area contributed by atoms with Gasteiger partial charge >= 0.3 is 0 Å². The predicted molar refractivity (Wildman–Crippen MR) is 92.7 cm³/mol. The fourth-order valence-electron chi connectivity index (χ4n) is 2.34. The highest BCUT2D eigenvalue weighted by atomic mass is 35.5. The molecule has 0 heterocycles. The molecule has 0 aromatic heterocycles. The summed E-state index contributed by atoms with van der Waals surface area (Å²) < 4.78 is 13.7. The third kappa shape index (κ3) is 4.55. The Morgan fingerprint density at radius 2 is 1.96 bits per heavy atom. The first kappa shape index (κ1) is 17.9. The minimum absolute atomic E-state index is 0.0223. The number of hydrogen-bond acceptors (Lipinski definition) is 2. The second-order valence-electron chi connectivity index (χ2n) is 5.37. The lowest BCUT2D eigenvalue weighted by Gasteiger charge is -2.18. The molecule has 2 aromatic carbocycles. The van der Waals surface area contributed by atoms with Crippen molar-refractivity contribution in [3.63, 3.8) is 0 Å². The molecule has 0 saturated carbocycles. The normalized spacial score (nSPS) is 11.7. The molecule has 1 atom stereocenters. The molecule has 2 rings (SSSR count). The highest BCUT2D eigenvalue weighted by Gasteiger charge is 2.16. The van der Waals surface area contributed by atoms with Crippen molar-refractivity contribution in [2.75, 3.05) is 5.32 Å². The van der Waals surface area contributed by atoms with E-state index >= 15 is 0 Å². The summed E-state index contributed by atoms with van der Waals surface area (Å²) in [4.78, 5) is 23.5. The van der Waals surface area contributed by atoms with E-state index in [0.29, 0.717) is 11.4 Å². The van der Waals surface area contributed by atoms with Gasteiger partial charge in [0.2, 0.25) is 5.91 Å². The Kier molecular flexibility index (Phi) is 5.93. The molecule has 0 radical (unpaired) electrons. The Labute approximate surface area is 145 Å². The maximum Gasteiger partial charge on any atom is 0.251 e. The number of anilines is 1. The monoisotopic (exact) mass is 348 g/mol. The quantitative estimate of drug-likeness (QED) is 0.845. The Morgan fingerprint density at radius 1 is 1.21 bits per heavy atom. The maximum atomic E-state index is 13.7. The number of hydrogen-bond donors (Lipinski definition) is 2. The van der Waals surface area contributed by atoms with Gasteiger partial charge in [-0.25, -0.2) is 4.39 Å². The van der Waals surface area contributed by atoms with Crippen molar-refractivity contribution in [3.8, 4) is 0 Å². The van der Waals surface area contributed by atoms with Gasteiger partial charge in [0.25, 0.3) is 5.91 Å². The van der Waals surface area contributed by atoms with Crippen molar-refractivity contribution in [1.82, 2.24) is 5.32 Å². The standard InChI is InChI=1S/C18H18ClFN2O2/c1-3-16(12-5-4-6-14(19)9-12)22-18(24)13-7-8-15(20)17(10-13)21-11(2)23/h4-10,16H,3H2,1-2H3,(H,21,23)(H,22,24). The molecule has 2 N–H and O–H groups in total. The van der Waals surface area contributed by atoms with E-state index in [1.165, 1.54) is 19.1 Å². The van der Waals surface area contributed by atoms with Gasteiger partial charge in [0.05, 0.1) is 11.7 Å². The Bertz CT molecular complexity index is 764. The smallest absolute Gasteiger partial charge is 0.251 e. The lowest BCUT2D eigenvalue weighted by molar-refractivity contribution is -0.114. The second kappa shape index (κ2) is 7.93. The average Bonchev–Trinajstić information content (AvgIpc) is 2.54. The highest BCUT2D eigenvalue weighted by Crippen LogP contribution is 2.22. The minimum atomic E-state index is -0.594. The largest absolute Gasteiger partial charge is 0.345 e. The van der Waals surface area contributed by atoms with E-state index in [9.17, 15) is 14.0 Å². The molecule has 0 fully saturated rings. The van der Waals surface area contributed by atoms with E-state index < -0.39 is 11.7 Å². The molecule has 126 valence electrons. The van der Waals surface area contributed by atoms with Crippen LogP contribution in [-0.2, 0) is 4.79 Å². The topological polar surface area (TPSA) is 58.2 Å². The van der Waals surface area contributed by atoms with Crippen molar-refractivity contribution in [3.05, 3.63) is 64.4 Å². The van der Waals surface area contributed by atoms with Crippen molar-refractivity contribution < 1.29 is 14.0 Å². The van der Waals surface area contributed by atoms with Crippen molar-refractivity contribution in [2.45, 2.75) is 26.3 Å². The molecule has 2 aromatic rings. The van der Waals surface area contributed by atoms with Crippen LogP contribution >= 0.6 is 11.6 Å². The third-order valence-corrected chi connectivity index (χ3v) is 3.74. The number of carbonyl (C=O) groups excluding carboxylic acids is 2. The van der Waals surface area contributed by atoms with Crippen molar-refractivity contribution in [1.29, 1.82) is 0 Å². The van der Waals surface area contributed by atoms with E-state index in [-0.39, 0.29) is 23.2 Å². The van der Waals surface area contributed by atoms with E-state index in [1.807, 2.05) is 19.1 Å². The van der Waals surface area contributed by atoms with Gasteiger partial charge < -0.3 is 10.6 Å². The van der Waals surface area contributed by atoms with Gasteiger partial charge in [-0.15, -0.1) is 0 Å². The van der Waals surface area contributed by atoms with E-state index in [4.69, 9.17) is 11.6 Å². The van der Waals surface area contributed by atoms with Crippen LogP contribution in [0.4, 0.5) is 10.1 Å². The molecule has 0 saturated heterocycles. The molecule has 6 heteroatoms. The van der Waals surface area contributed by atoms with Crippen LogP contribution in [0.5, 0.6) is 0 Å². The maximum absolute atomic E-state index is 13.7. The van der Waals surface area contributed by atoms with Crippen LogP contribution in [0.1, 0.15) is 42.2 Å². The van der Waals surface area contributed by atoms with E-state index in [2.05, 4.69) is 10.6 Å². The van der Waals surface area contributed by atoms with Crippen LogP contribution in [0.2, 0.25) is 5.02 Å². The molecular formula is C18H18ClFN2O2. The second-order valence-corrected chi connectivity index (χ2v) is 5.80. The average molecular weight is 349 g/mol. The minimum Gasteiger partial charge on any atom is -0.345 e. The number of benzene rings is 2. The zero-order valence-corrected chi connectivity index (χ0v) is 14.2. The summed E-state index contributed by atoms with van der Waals surface area (Å²) in [5.41, 5.74) is 1.13. The van der Waals surface area contributed by atoms with Gasteiger partial charge in [-0.1, -0.05) is 30.7 Å². The number of halogens is 2. The summed E-state index contributed by atoms with van der Waals surface area (Å²) in [5.74, 6) is -1.35. The van der Waals surface area contributed by atoms with E-state index in [0.717, 1.165) is 11.6 Å². The van der Waals surface area contributed by atoms with Crippen molar-refractivity contribution in [2.24, 2.45) is 0 Å². The van der Waals surface area contributed by atoms with Crippen LogP contribution in [0.25, 0.3) is 0 Å². The Morgan fingerprint density at radius 3 is 2.58 bits per heavy atom. The molecule has 2 amide bonds. The van der Waals surface area contributed by atoms with Crippen LogP contribution in [0.15, 0.2) is 42.5 Å². The lowest BCUT2D eigenvalue weighted by atomic mass is 10.0.